The highest BCUT2D eigenvalue weighted by molar-refractivity contribution is 6.35. The number of hydrogen-bond donors (Lipinski definition) is 2. The Balaban J connectivity index is 1.81. The molecular formula is C17H24Cl2N2O2. The van der Waals surface area contributed by atoms with E-state index >= 15 is 0 Å². The molecule has 23 heavy (non-hydrogen) atoms. The van der Waals surface area contributed by atoms with Gasteiger partial charge in [0.1, 0.15) is 0 Å². The van der Waals surface area contributed by atoms with Gasteiger partial charge in [0.15, 0.2) is 0 Å². The van der Waals surface area contributed by atoms with Crippen molar-refractivity contribution < 1.29 is 9.53 Å². The van der Waals surface area contributed by atoms with Gasteiger partial charge in [0.25, 0.3) is 0 Å². The van der Waals surface area contributed by atoms with Gasteiger partial charge < -0.3 is 15.4 Å². The van der Waals surface area contributed by atoms with Crippen LogP contribution in [0.5, 0.6) is 0 Å². The molecule has 1 aliphatic heterocycles. The van der Waals surface area contributed by atoms with Crippen molar-refractivity contribution in [2.45, 2.75) is 25.7 Å². The molecule has 0 radical (unpaired) electrons. The fraction of sp³-hybridized carbons (Fsp3) is 0.588. The number of halogens is 2. The van der Waals surface area contributed by atoms with Gasteiger partial charge in [-0.2, -0.15) is 0 Å². The summed E-state index contributed by atoms with van der Waals surface area (Å²) >= 11 is 12.1. The maximum Gasteiger partial charge on any atom is 0.228 e. The molecule has 1 aromatic rings. The lowest BCUT2D eigenvalue weighted by molar-refractivity contribution is -0.136. The fourth-order valence-electron chi connectivity index (χ4n) is 3.01. The summed E-state index contributed by atoms with van der Waals surface area (Å²) in [5, 5.41) is 7.67. The van der Waals surface area contributed by atoms with Gasteiger partial charge in [0.2, 0.25) is 5.91 Å². The van der Waals surface area contributed by atoms with E-state index in [9.17, 15) is 4.79 Å². The van der Waals surface area contributed by atoms with Crippen LogP contribution in [0.15, 0.2) is 18.2 Å². The molecule has 2 rings (SSSR count). The van der Waals surface area contributed by atoms with Gasteiger partial charge in [-0.15, -0.1) is 0 Å². The summed E-state index contributed by atoms with van der Waals surface area (Å²) in [7, 11) is 1.65. The summed E-state index contributed by atoms with van der Waals surface area (Å²) in [6.07, 6.45) is 3.29. The standard InChI is InChI=1S/C17H24Cl2N2O2/c1-23-12-17(6-9-20-10-7-17)16(22)21-8-2-3-13-4-5-14(18)11-15(13)19/h4-5,11,20H,2-3,6-10,12H2,1H3,(H,21,22). The summed E-state index contributed by atoms with van der Waals surface area (Å²) in [6.45, 7) is 2.83. The van der Waals surface area contributed by atoms with Gasteiger partial charge in [-0.1, -0.05) is 29.3 Å². The number of carbonyl (C=O) groups excluding carboxylic acids is 1. The smallest absolute Gasteiger partial charge is 0.228 e. The highest BCUT2D eigenvalue weighted by Gasteiger charge is 2.39. The van der Waals surface area contributed by atoms with Crippen molar-refractivity contribution in [1.82, 2.24) is 10.6 Å². The molecule has 128 valence electrons. The van der Waals surface area contributed by atoms with E-state index in [2.05, 4.69) is 10.6 Å². The van der Waals surface area contributed by atoms with Crippen LogP contribution in [0.4, 0.5) is 0 Å². The number of methoxy groups -OCH3 is 1. The number of ether oxygens (including phenoxy) is 1. The van der Waals surface area contributed by atoms with E-state index in [1.807, 2.05) is 12.1 Å². The van der Waals surface area contributed by atoms with Crippen LogP contribution >= 0.6 is 23.2 Å². The monoisotopic (exact) mass is 358 g/mol. The molecule has 0 unspecified atom stereocenters. The van der Waals surface area contributed by atoms with Crippen LogP contribution in [0.3, 0.4) is 0 Å². The first-order chi connectivity index (χ1) is 11.1. The molecule has 0 aliphatic carbocycles. The molecule has 1 saturated heterocycles. The topological polar surface area (TPSA) is 50.4 Å². The van der Waals surface area contributed by atoms with Gasteiger partial charge in [-0.05, 0) is 56.5 Å². The third kappa shape index (κ3) is 5.08. The van der Waals surface area contributed by atoms with Crippen molar-refractivity contribution in [2.24, 2.45) is 5.41 Å². The molecule has 6 heteroatoms. The van der Waals surface area contributed by atoms with Crippen molar-refractivity contribution in [2.75, 3.05) is 33.4 Å². The second-order valence-electron chi connectivity index (χ2n) is 6.06. The zero-order chi connectivity index (χ0) is 16.7. The Morgan fingerprint density at radius 2 is 2.09 bits per heavy atom. The van der Waals surface area contributed by atoms with Crippen LogP contribution < -0.4 is 10.6 Å². The van der Waals surface area contributed by atoms with E-state index in [1.165, 1.54) is 0 Å². The van der Waals surface area contributed by atoms with Gasteiger partial charge in [0.05, 0.1) is 12.0 Å². The lowest BCUT2D eigenvalue weighted by atomic mass is 9.78. The molecule has 1 aliphatic rings. The van der Waals surface area contributed by atoms with E-state index in [1.54, 1.807) is 13.2 Å². The Kier molecular flexibility index (Phi) is 7.15. The predicted octanol–water partition coefficient (Wildman–Crippen LogP) is 3.06. The van der Waals surface area contributed by atoms with Crippen LogP contribution in [-0.2, 0) is 16.0 Å². The molecule has 0 saturated carbocycles. The lowest BCUT2D eigenvalue weighted by Crippen LogP contribution is -2.50. The zero-order valence-electron chi connectivity index (χ0n) is 13.5. The molecule has 0 bridgehead atoms. The molecule has 1 fully saturated rings. The van der Waals surface area contributed by atoms with E-state index in [4.69, 9.17) is 27.9 Å². The number of nitrogens with one attached hydrogen (secondary N) is 2. The quantitative estimate of drug-likeness (QED) is 0.736. The number of aryl methyl sites for hydroxylation is 1. The largest absolute Gasteiger partial charge is 0.384 e. The van der Waals surface area contributed by atoms with Crippen LogP contribution in [0.25, 0.3) is 0 Å². The summed E-state index contributed by atoms with van der Waals surface area (Å²) < 4.78 is 5.29. The molecule has 2 N–H and O–H groups in total. The minimum absolute atomic E-state index is 0.100. The van der Waals surface area contributed by atoms with E-state index in [-0.39, 0.29) is 5.91 Å². The van der Waals surface area contributed by atoms with Gasteiger partial charge in [-0.25, -0.2) is 0 Å². The molecule has 0 spiro atoms. The Bertz CT molecular complexity index is 526. The first-order valence-corrected chi connectivity index (χ1v) is 8.75. The SMILES string of the molecule is COCC1(C(=O)NCCCc2ccc(Cl)cc2Cl)CCNCC1. The summed E-state index contributed by atoms with van der Waals surface area (Å²) in [4.78, 5) is 12.6. The predicted molar refractivity (Wildman–Crippen MR) is 94.2 cm³/mol. The van der Waals surface area contributed by atoms with Crippen molar-refractivity contribution in [3.05, 3.63) is 33.8 Å². The van der Waals surface area contributed by atoms with Crippen molar-refractivity contribution in [1.29, 1.82) is 0 Å². The number of amides is 1. The minimum Gasteiger partial charge on any atom is -0.384 e. The highest BCUT2D eigenvalue weighted by Crippen LogP contribution is 2.29. The number of piperidine rings is 1. The van der Waals surface area contributed by atoms with Gasteiger partial charge >= 0.3 is 0 Å². The third-order valence-corrected chi connectivity index (χ3v) is 4.97. The summed E-state index contributed by atoms with van der Waals surface area (Å²) in [6, 6.07) is 5.52. The minimum atomic E-state index is -0.391. The van der Waals surface area contributed by atoms with Gasteiger partial charge in [0, 0.05) is 23.7 Å². The lowest BCUT2D eigenvalue weighted by Gasteiger charge is -2.35. The van der Waals surface area contributed by atoms with Crippen LogP contribution in [0.1, 0.15) is 24.8 Å². The normalized spacial score (nSPS) is 17.0. The molecule has 1 heterocycles. The number of rotatable bonds is 7. The molecule has 0 aromatic heterocycles. The van der Waals surface area contributed by atoms with E-state index in [0.717, 1.165) is 44.3 Å². The highest BCUT2D eigenvalue weighted by atomic mass is 35.5. The van der Waals surface area contributed by atoms with Crippen LogP contribution in [-0.4, -0.2) is 39.3 Å². The average Bonchev–Trinajstić information content (AvgIpc) is 2.54. The number of benzene rings is 1. The number of carbonyl (C=O) groups is 1. The maximum absolute atomic E-state index is 12.6. The maximum atomic E-state index is 12.6. The van der Waals surface area contributed by atoms with Crippen LogP contribution in [0.2, 0.25) is 10.0 Å². The summed E-state index contributed by atoms with van der Waals surface area (Å²) in [5.41, 5.74) is 0.663. The molecular weight excluding hydrogens is 335 g/mol. The summed E-state index contributed by atoms with van der Waals surface area (Å²) in [5.74, 6) is 0.100. The zero-order valence-corrected chi connectivity index (χ0v) is 15.0. The molecule has 0 atom stereocenters. The van der Waals surface area contributed by atoms with Crippen LogP contribution in [0, 0.1) is 5.41 Å². The first-order valence-electron chi connectivity index (χ1n) is 7.99. The Hall–Kier alpha value is -0.810. The average molecular weight is 359 g/mol. The Morgan fingerprint density at radius 1 is 1.35 bits per heavy atom. The second-order valence-corrected chi connectivity index (χ2v) is 6.90. The van der Waals surface area contributed by atoms with E-state index < -0.39 is 5.41 Å². The third-order valence-electron chi connectivity index (χ3n) is 4.39. The second kappa shape index (κ2) is 8.88. The first kappa shape index (κ1) is 18.5. The molecule has 1 aromatic carbocycles. The van der Waals surface area contributed by atoms with Crippen molar-refractivity contribution in [3.63, 3.8) is 0 Å². The van der Waals surface area contributed by atoms with Gasteiger partial charge in [-0.3, -0.25) is 4.79 Å². The molecule has 1 amide bonds. The van der Waals surface area contributed by atoms with Crippen molar-refractivity contribution in [3.8, 4) is 0 Å². The molecule has 4 nitrogen and oxygen atoms in total. The van der Waals surface area contributed by atoms with Crippen molar-refractivity contribution >= 4 is 29.1 Å². The van der Waals surface area contributed by atoms with E-state index in [0.29, 0.717) is 23.2 Å². The Morgan fingerprint density at radius 3 is 2.74 bits per heavy atom. The Labute approximate surface area is 147 Å². The number of hydrogen-bond acceptors (Lipinski definition) is 3. The fourth-order valence-corrected chi connectivity index (χ4v) is 3.51.